The third-order valence-corrected chi connectivity index (χ3v) is 3.40. The molecule has 102 valence electrons. The molecular formula is C12H13ClN2O4. The fourth-order valence-electron chi connectivity index (χ4n) is 2.05. The van der Waals surface area contributed by atoms with Crippen molar-refractivity contribution in [1.82, 2.24) is 4.90 Å². The summed E-state index contributed by atoms with van der Waals surface area (Å²) in [6.07, 6.45) is 0.761. The summed E-state index contributed by atoms with van der Waals surface area (Å²) in [5.41, 5.74) is 0.212. The molecule has 1 amide bonds. The third kappa shape index (κ3) is 2.78. The summed E-state index contributed by atoms with van der Waals surface area (Å²) in [6.45, 7) is 1.10. The van der Waals surface area contributed by atoms with Crippen molar-refractivity contribution in [3.05, 3.63) is 33.9 Å². The average molecular weight is 285 g/mol. The Morgan fingerprint density at radius 2 is 2.32 bits per heavy atom. The van der Waals surface area contributed by atoms with E-state index < -0.39 is 4.92 Å². The van der Waals surface area contributed by atoms with Gasteiger partial charge in [-0.15, -0.1) is 11.6 Å². The van der Waals surface area contributed by atoms with Crippen LogP contribution in [0.1, 0.15) is 16.8 Å². The Balaban J connectivity index is 2.26. The Labute approximate surface area is 115 Å². The van der Waals surface area contributed by atoms with Crippen molar-refractivity contribution in [2.75, 3.05) is 20.2 Å². The maximum absolute atomic E-state index is 12.2. The van der Waals surface area contributed by atoms with Gasteiger partial charge in [0.05, 0.1) is 17.4 Å². The van der Waals surface area contributed by atoms with Gasteiger partial charge in [0.1, 0.15) is 0 Å². The highest BCUT2D eigenvalue weighted by Crippen LogP contribution is 2.28. The van der Waals surface area contributed by atoms with Crippen LogP contribution in [0.3, 0.4) is 0 Å². The number of rotatable bonds is 3. The summed E-state index contributed by atoms with van der Waals surface area (Å²) < 4.78 is 4.94. The molecule has 2 rings (SSSR count). The second-order valence-electron chi connectivity index (χ2n) is 4.28. The third-order valence-electron chi connectivity index (χ3n) is 3.04. The van der Waals surface area contributed by atoms with Crippen LogP contribution < -0.4 is 4.74 Å². The van der Waals surface area contributed by atoms with E-state index in [-0.39, 0.29) is 22.7 Å². The number of likely N-dealkylation sites (tertiary alicyclic amines) is 1. The normalized spacial score (nSPS) is 18.4. The molecule has 1 saturated heterocycles. The fraction of sp³-hybridized carbons (Fsp3) is 0.417. The zero-order valence-electron chi connectivity index (χ0n) is 10.3. The topological polar surface area (TPSA) is 72.7 Å². The molecule has 1 atom stereocenters. The Hall–Kier alpha value is -1.82. The number of halogens is 1. The van der Waals surface area contributed by atoms with E-state index in [4.69, 9.17) is 16.3 Å². The molecule has 0 N–H and O–H groups in total. The van der Waals surface area contributed by atoms with Crippen LogP contribution >= 0.6 is 11.6 Å². The molecule has 0 aromatic heterocycles. The number of alkyl halides is 1. The first-order valence-corrected chi connectivity index (χ1v) is 6.22. The molecular weight excluding hydrogens is 272 g/mol. The first-order valence-electron chi connectivity index (χ1n) is 5.78. The minimum atomic E-state index is -0.544. The number of methoxy groups -OCH3 is 1. The molecule has 1 unspecified atom stereocenters. The van der Waals surface area contributed by atoms with Gasteiger partial charge in [-0.3, -0.25) is 14.9 Å². The molecule has 0 aliphatic carbocycles. The second-order valence-corrected chi connectivity index (χ2v) is 4.90. The van der Waals surface area contributed by atoms with Crippen molar-refractivity contribution < 1.29 is 14.5 Å². The van der Waals surface area contributed by atoms with Crippen molar-refractivity contribution in [1.29, 1.82) is 0 Å². The highest BCUT2D eigenvalue weighted by molar-refractivity contribution is 6.21. The Morgan fingerprint density at radius 1 is 1.58 bits per heavy atom. The van der Waals surface area contributed by atoms with Gasteiger partial charge in [0, 0.05) is 30.8 Å². The van der Waals surface area contributed by atoms with Crippen LogP contribution in [-0.2, 0) is 0 Å². The number of nitrogens with zero attached hydrogens (tertiary/aromatic N) is 2. The smallest absolute Gasteiger partial charge is 0.310 e. The summed E-state index contributed by atoms with van der Waals surface area (Å²) >= 11 is 5.96. The van der Waals surface area contributed by atoms with Gasteiger partial charge in [-0.1, -0.05) is 0 Å². The summed E-state index contributed by atoms with van der Waals surface area (Å²) in [7, 11) is 1.33. The van der Waals surface area contributed by atoms with E-state index in [1.54, 1.807) is 4.90 Å². The van der Waals surface area contributed by atoms with Crippen LogP contribution in [0.2, 0.25) is 0 Å². The lowest BCUT2D eigenvalue weighted by atomic mass is 10.1. The van der Waals surface area contributed by atoms with Crippen LogP contribution in [0.25, 0.3) is 0 Å². The Morgan fingerprint density at radius 3 is 2.84 bits per heavy atom. The summed E-state index contributed by atoms with van der Waals surface area (Å²) in [6, 6.07) is 4.10. The SMILES string of the molecule is COc1cc(C(=O)N2CCC(Cl)C2)ccc1[N+](=O)[O-]. The zero-order valence-corrected chi connectivity index (χ0v) is 11.1. The molecule has 0 bridgehead atoms. The van der Waals surface area contributed by atoms with E-state index in [1.165, 1.54) is 25.3 Å². The van der Waals surface area contributed by atoms with Crippen LogP contribution in [0, 0.1) is 10.1 Å². The largest absolute Gasteiger partial charge is 0.490 e. The maximum atomic E-state index is 12.2. The van der Waals surface area contributed by atoms with Gasteiger partial charge in [0.15, 0.2) is 5.75 Å². The van der Waals surface area contributed by atoms with Crippen molar-refractivity contribution in [3.63, 3.8) is 0 Å². The van der Waals surface area contributed by atoms with Crippen molar-refractivity contribution in [2.24, 2.45) is 0 Å². The molecule has 19 heavy (non-hydrogen) atoms. The lowest BCUT2D eigenvalue weighted by Crippen LogP contribution is -2.28. The quantitative estimate of drug-likeness (QED) is 0.484. The van der Waals surface area contributed by atoms with Crippen molar-refractivity contribution >= 4 is 23.2 Å². The number of benzene rings is 1. The van der Waals surface area contributed by atoms with Crippen molar-refractivity contribution in [3.8, 4) is 5.75 Å². The number of carbonyl (C=O) groups excluding carboxylic acids is 1. The van der Waals surface area contributed by atoms with Gasteiger partial charge in [-0.25, -0.2) is 0 Å². The summed E-state index contributed by atoms with van der Waals surface area (Å²) in [5, 5.41) is 10.7. The van der Waals surface area contributed by atoms with Gasteiger partial charge >= 0.3 is 5.69 Å². The van der Waals surface area contributed by atoms with E-state index in [1.807, 2.05) is 0 Å². The summed E-state index contributed by atoms with van der Waals surface area (Å²) in [4.78, 5) is 24.1. The lowest BCUT2D eigenvalue weighted by molar-refractivity contribution is -0.385. The minimum Gasteiger partial charge on any atom is -0.490 e. The number of ether oxygens (including phenoxy) is 1. The van der Waals surface area contributed by atoms with Gasteiger partial charge < -0.3 is 9.64 Å². The second kappa shape index (κ2) is 5.44. The number of amides is 1. The fourth-order valence-corrected chi connectivity index (χ4v) is 2.31. The molecule has 0 spiro atoms. The number of nitro groups is 1. The van der Waals surface area contributed by atoms with E-state index in [0.29, 0.717) is 18.7 Å². The molecule has 1 fully saturated rings. The van der Waals surface area contributed by atoms with E-state index in [0.717, 1.165) is 6.42 Å². The van der Waals surface area contributed by atoms with E-state index in [9.17, 15) is 14.9 Å². The van der Waals surface area contributed by atoms with Crippen LogP contribution in [0.4, 0.5) is 5.69 Å². The molecule has 1 aromatic rings. The van der Waals surface area contributed by atoms with Crippen molar-refractivity contribution in [2.45, 2.75) is 11.8 Å². The van der Waals surface area contributed by atoms with Crippen LogP contribution in [0.5, 0.6) is 5.75 Å². The number of carbonyl (C=O) groups is 1. The van der Waals surface area contributed by atoms with Crippen LogP contribution in [0.15, 0.2) is 18.2 Å². The predicted octanol–water partition coefficient (Wildman–Crippen LogP) is 2.06. The molecule has 1 heterocycles. The molecule has 1 aromatic carbocycles. The van der Waals surface area contributed by atoms with Gasteiger partial charge in [-0.05, 0) is 12.5 Å². The predicted molar refractivity (Wildman–Crippen MR) is 69.8 cm³/mol. The molecule has 6 nitrogen and oxygen atoms in total. The first-order chi connectivity index (χ1) is 9.02. The molecule has 7 heteroatoms. The standard InChI is InChI=1S/C12H13ClN2O4/c1-19-11-6-8(2-3-10(11)15(17)18)12(16)14-5-4-9(13)7-14/h2-3,6,9H,4-5,7H2,1H3. The van der Waals surface area contributed by atoms with Crippen LogP contribution in [-0.4, -0.2) is 41.3 Å². The minimum absolute atomic E-state index is 0.0242. The molecule has 1 aliphatic heterocycles. The van der Waals surface area contributed by atoms with E-state index >= 15 is 0 Å². The zero-order chi connectivity index (χ0) is 14.0. The Kier molecular flexibility index (Phi) is 3.90. The maximum Gasteiger partial charge on any atom is 0.310 e. The number of nitro benzene ring substituents is 1. The Bertz CT molecular complexity index is 520. The lowest BCUT2D eigenvalue weighted by Gasteiger charge is -2.15. The highest BCUT2D eigenvalue weighted by Gasteiger charge is 2.26. The molecule has 0 saturated carbocycles. The summed E-state index contributed by atoms with van der Waals surface area (Å²) in [5.74, 6) is -0.103. The van der Waals surface area contributed by atoms with Gasteiger partial charge in [0.25, 0.3) is 5.91 Å². The molecule has 0 radical (unpaired) electrons. The average Bonchev–Trinajstić information content (AvgIpc) is 2.83. The number of hydrogen-bond acceptors (Lipinski definition) is 4. The van der Waals surface area contributed by atoms with Gasteiger partial charge in [0.2, 0.25) is 0 Å². The monoisotopic (exact) mass is 284 g/mol. The van der Waals surface area contributed by atoms with E-state index in [2.05, 4.69) is 0 Å². The van der Waals surface area contributed by atoms with Gasteiger partial charge in [-0.2, -0.15) is 0 Å². The number of hydrogen-bond donors (Lipinski definition) is 0. The first kappa shape index (κ1) is 13.6. The molecule has 1 aliphatic rings. The highest BCUT2D eigenvalue weighted by atomic mass is 35.5.